The van der Waals surface area contributed by atoms with Gasteiger partial charge in [-0.3, -0.25) is 4.68 Å². The zero-order valence-corrected chi connectivity index (χ0v) is 11.8. The Labute approximate surface area is 113 Å². The van der Waals surface area contributed by atoms with E-state index in [1.165, 1.54) is 0 Å². The number of urea groups is 1. The Bertz CT molecular complexity index is 450. The summed E-state index contributed by atoms with van der Waals surface area (Å²) >= 11 is 0. The first-order valence-corrected chi connectivity index (χ1v) is 6.65. The second-order valence-corrected chi connectivity index (χ2v) is 5.95. The summed E-state index contributed by atoms with van der Waals surface area (Å²) in [6.45, 7) is 6.87. The quantitative estimate of drug-likeness (QED) is 0.854. The van der Waals surface area contributed by atoms with Crippen molar-refractivity contribution in [1.29, 1.82) is 0 Å². The van der Waals surface area contributed by atoms with Crippen molar-refractivity contribution in [2.24, 2.45) is 0 Å². The van der Waals surface area contributed by atoms with Gasteiger partial charge in [0, 0.05) is 12.7 Å². The lowest BCUT2D eigenvalue weighted by Crippen LogP contribution is -2.40. The number of nitrogens with one attached hydrogen (secondary N) is 1. The highest BCUT2D eigenvalue weighted by Crippen LogP contribution is 2.19. The Morgan fingerprint density at radius 1 is 1.58 bits per heavy atom. The Kier molecular flexibility index (Phi) is 3.80. The third kappa shape index (κ3) is 3.07. The lowest BCUT2D eigenvalue weighted by Gasteiger charge is -2.23. The number of hydrogen-bond donors (Lipinski definition) is 2. The van der Waals surface area contributed by atoms with Gasteiger partial charge in [0.15, 0.2) is 0 Å². The van der Waals surface area contributed by atoms with Crippen molar-refractivity contribution in [3.8, 4) is 0 Å². The van der Waals surface area contributed by atoms with Crippen LogP contribution in [0, 0.1) is 0 Å². The molecule has 0 bridgehead atoms. The molecule has 1 fully saturated rings. The average Bonchev–Trinajstić information content (AvgIpc) is 2.95. The fraction of sp³-hybridized carbons (Fsp3) is 0.692. The molecule has 6 nitrogen and oxygen atoms in total. The molecule has 1 atom stereocenters. The molecule has 6 heteroatoms. The molecule has 2 amide bonds. The van der Waals surface area contributed by atoms with Gasteiger partial charge in [-0.2, -0.15) is 5.10 Å². The minimum Gasteiger partial charge on any atom is -0.394 e. The van der Waals surface area contributed by atoms with Gasteiger partial charge in [0.25, 0.3) is 0 Å². The van der Waals surface area contributed by atoms with E-state index < -0.39 is 0 Å². The van der Waals surface area contributed by atoms with E-state index in [0.29, 0.717) is 12.2 Å². The molecule has 1 aliphatic rings. The molecule has 1 saturated heterocycles. The van der Waals surface area contributed by atoms with Crippen molar-refractivity contribution in [3.63, 3.8) is 0 Å². The minimum atomic E-state index is -0.162. The molecule has 0 spiro atoms. The zero-order valence-electron chi connectivity index (χ0n) is 11.8. The molecule has 1 aliphatic heterocycles. The molecule has 106 valence electrons. The van der Waals surface area contributed by atoms with Crippen molar-refractivity contribution in [2.75, 3.05) is 18.5 Å². The largest absolute Gasteiger partial charge is 0.394 e. The molecular formula is C13H22N4O2. The Hall–Kier alpha value is -1.56. The Balaban J connectivity index is 2.01. The van der Waals surface area contributed by atoms with Crippen LogP contribution in [-0.2, 0) is 5.54 Å². The summed E-state index contributed by atoms with van der Waals surface area (Å²) < 4.78 is 1.82. The highest BCUT2D eigenvalue weighted by molar-refractivity contribution is 5.89. The molecule has 1 aromatic rings. The first-order chi connectivity index (χ1) is 8.91. The first-order valence-electron chi connectivity index (χ1n) is 6.65. The zero-order chi connectivity index (χ0) is 14.0. The van der Waals surface area contributed by atoms with Crippen molar-refractivity contribution >= 4 is 11.7 Å². The van der Waals surface area contributed by atoms with Crippen LogP contribution in [-0.4, -0.2) is 45.0 Å². The molecule has 19 heavy (non-hydrogen) atoms. The SMILES string of the molecule is CC(C)(C)n1cc(NC(=O)N2CCCC2CO)cn1. The number of aliphatic hydroxyl groups is 1. The van der Waals surface area contributed by atoms with Gasteiger partial charge in [0.05, 0.1) is 30.1 Å². The van der Waals surface area contributed by atoms with Crippen LogP contribution in [0.5, 0.6) is 0 Å². The van der Waals surface area contributed by atoms with Gasteiger partial charge in [0.1, 0.15) is 0 Å². The summed E-state index contributed by atoms with van der Waals surface area (Å²) in [7, 11) is 0. The van der Waals surface area contributed by atoms with Crippen LogP contribution in [0.2, 0.25) is 0 Å². The maximum Gasteiger partial charge on any atom is 0.322 e. The molecule has 2 rings (SSSR count). The van der Waals surface area contributed by atoms with Crippen molar-refractivity contribution in [3.05, 3.63) is 12.4 Å². The summed E-state index contributed by atoms with van der Waals surface area (Å²) in [5.41, 5.74) is 0.577. The fourth-order valence-corrected chi connectivity index (χ4v) is 2.24. The number of hydrogen-bond acceptors (Lipinski definition) is 3. The summed E-state index contributed by atoms with van der Waals surface area (Å²) in [5, 5.41) is 16.3. The highest BCUT2D eigenvalue weighted by Gasteiger charge is 2.28. The fourth-order valence-electron chi connectivity index (χ4n) is 2.24. The minimum absolute atomic E-state index is 0.0225. The van der Waals surface area contributed by atoms with Crippen LogP contribution >= 0.6 is 0 Å². The summed E-state index contributed by atoms with van der Waals surface area (Å²) in [5.74, 6) is 0. The van der Waals surface area contributed by atoms with E-state index in [9.17, 15) is 9.90 Å². The molecule has 2 heterocycles. The normalized spacial score (nSPS) is 19.8. The lowest BCUT2D eigenvalue weighted by molar-refractivity contribution is 0.166. The van der Waals surface area contributed by atoms with Crippen LogP contribution in [0.1, 0.15) is 33.6 Å². The van der Waals surface area contributed by atoms with Crippen LogP contribution < -0.4 is 5.32 Å². The number of aliphatic hydroxyl groups excluding tert-OH is 1. The Morgan fingerprint density at radius 3 is 2.89 bits per heavy atom. The number of likely N-dealkylation sites (tertiary alicyclic amines) is 1. The number of carbonyl (C=O) groups excluding carboxylic acids is 1. The molecule has 0 aromatic carbocycles. The number of rotatable bonds is 2. The smallest absolute Gasteiger partial charge is 0.322 e. The van der Waals surface area contributed by atoms with Gasteiger partial charge < -0.3 is 15.3 Å². The van der Waals surface area contributed by atoms with Crippen LogP contribution in [0.15, 0.2) is 12.4 Å². The van der Waals surface area contributed by atoms with E-state index in [1.807, 2.05) is 31.6 Å². The maximum atomic E-state index is 12.1. The third-order valence-electron chi connectivity index (χ3n) is 3.37. The Morgan fingerprint density at radius 2 is 2.32 bits per heavy atom. The second-order valence-electron chi connectivity index (χ2n) is 5.95. The third-order valence-corrected chi connectivity index (χ3v) is 3.37. The van der Waals surface area contributed by atoms with Gasteiger partial charge in [-0.15, -0.1) is 0 Å². The molecule has 0 radical (unpaired) electrons. The van der Waals surface area contributed by atoms with Crippen LogP contribution in [0.25, 0.3) is 0 Å². The number of amides is 2. The average molecular weight is 266 g/mol. The lowest BCUT2D eigenvalue weighted by atomic mass is 10.1. The molecule has 0 saturated carbocycles. The summed E-state index contributed by atoms with van der Waals surface area (Å²) in [6.07, 6.45) is 5.28. The number of anilines is 1. The van der Waals surface area contributed by atoms with Gasteiger partial charge in [-0.05, 0) is 33.6 Å². The molecule has 0 aliphatic carbocycles. The van der Waals surface area contributed by atoms with E-state index in [2.05, 4.69) is 10.4 Å². The van der Waals surface area contributed by atoms with Gasteiger partial charge in [-0.25, -0.2) is 4.79 Å². The topological polar surface area (TPSA) is 70.4 Å². The van der Waals surface area contributed by atoms with Gasteiger partial charge >= 0.3 is 6.03 Å². The van der Waals surface area contributed by atoms with Gasteiger partial charge in [-0.1, -0.05) is 0 Å². The van der Waals surface area contributed by atoms with Crippen LogP contribution in [0.3, 0.4) is 0 Å². The van der Waals surface area contributed by atoms with Crippen molar-refractivity contribution in [2.45, 2.75) is 45.2 Å². The van der Waals surface area contributed by atoms with Crippen molar-refractivity contribution in [1.82, 2.24) is 14.7 Å². The maximum absolute atomic E-state index is 12.1. The summed E-state index contributed by atoms with van der Waals surface area (Å²) in [6, 6.07) is -0.220. The number of aromatic nitrogens is 2. The molecular weight excluding hydrogens is 244 g/mol. The second kappa shape index (κ2) is 5.21. The molecule has 1 unspecified atom stereocenters. The predicted octanol–water partition coefficient (Wildman–Crippen LogP) is 1.63. The van der Waals surface area contributed by atoms with E-state index in [4.69, 9.17) is 0 Å². The monoisotopic (exact) mass is 266 g/mol. The van der Waals surface area contributed by atoms with Crippen molar-refractivity contribution < 1.29 is 9.90 Å². The first kappa shape index (κ1) is 13.9. The predicted molar refractivity (Wildman–Crippen MR) is 73.1 cm³/mol. The number of carbonyl (C=O) groups is 1. The van der Waals surface area contributed by atoms with E-state index in [0.717, 1.165) is 12.8 Å². The van der Waals surface area contributed by atoms with E-state index in [-0.39, 0.29) is 24.2 Å². The van der Waals surface area contributed by atoms with Crippen LogP contribution in [0.4, 0.5) is 10.5 Å². The summed E-state index contributed by atoms with van der Waals surface area (Å²) in [4.78, 5) is 13.8. The standard InChI is InChI=1S/C13H22N4O2/c1-13(2,3)17-8-10(7-14-17)15-12(19)16-6-4-5-11(16)9-18/h7-8,11,18H,4-6,9H2,1-3H3,(H,15,19). The molecule has 2 N–H and O–H groups in total. The van der Waals surface area contributed by atoms with Gasteiger partial charge in [0.2, 0.25) is 0 Å². The van der Waals surface area contributed by atoms with E-state index >= 15 is 0 Å². The number of nitrogens with zero attached hydrogens (tertiary/aromatic N) is 3. The highest BCUT2D eigenvalue weighted by atomic mass is 16.3. The van der Waals surface area contributed by atoms with E-state index in [1.54, 1.807) is 11.1 Å². The molecule has 1 aromatic heterocycles.